The van der Waals surface area contributed by atoms with Crippen molar-refractivity contribution in [1.82, 2.24) is 5.32 Å². The summed E-state index contributed by atoms with van der Waals surface area (Å²) in [6, 6.07) is 9.94. The van der Waals surface area contributed by atoms with Gasteiger partial charge in [-0.05, 0) is 48.6 Å². The molecule has 2 aliphatic rings. The van der Waals surface area contributed by atoms with Crippen LogP contribution in [0.2, 0.25) is 0 Å². The van der Waals surface area contributed by atoms with Crippen LogP contribution in [0.25, 0.3) is 0 Å². The molecule has 0 heterocycles. The molecule has 0 amide bonds. The molecule has 0 spiro atoms. The van der Waals surface area contributed by atoms with Crippen LogP contribution >= 0.6 is 0 Å². The molecule has 0 aliphatic heterocycles. The molecule has 92 valence electrons. The van der Waals surface area contributed by atoms with E-state index in [2.05, 4.69) is 36.5 Å². The third-order valence-corrected chi connectivity index (χ3v) is 4.43. The highest BCUT2D eigenvalue weighted by Crippen LogP contribution is 2.40. The summed E-state index contributed by atoms with van der Waals surface area (Å²) in [5.41, 5.74) is 3.03. The molecule has 2 unspecified atom stereocenters. The minimum Gasteiger partial charge on any atom is -0.310 e. The average Bonchev–Trinajstić information content (AvgIpc) is 3.12. The highest BCUT2D eigenvalue weighted by Gasteiger charge is 2.24. The molecule has 17 heavy (non-hydrogen) atoms. The summed E-state index contributed by atoms with van der Waals surface area (Å²) < 4.78 is 0. The summed E-state index contributed by atoms with van der Waals surface area (Å²) in [4.78, 5) is 0. The monoisotopic (exact) mass is 229 g/mol. The van der Waals surface area contributed by atoms with Crippen molar-refractivity contribution in [2.24, 2.45) is 5.92 Å². The van der Waals surface area contributed by atoms with Crippen molar-refractivity contribution in [3.63, 3.8) is 0 Å². The zero-order valence-corrected chi connectivity index (χ0v) is 10.8. The molecule has 1 aromatic rings. The van der Waals surface area contributed by atoms with Crippen LogP contribution in [0.4, 0.5) is 0 Å². The lowest BCUT2D eigenvalue weighted by Crippen LogP contribution is -2.30. The van der Waals surface area contributed by atoms with Gasteiger partial charge in [0.05, 0.1) is 0 Å². The van der Waals surface area contributed by atoms with Crippen molar-refractivity contribution in [3.05, 3.63) is 35.4 Å². The van der Waals surface area contributed by atoms with Gasteiger partial charge in [0.25, 0.3) is 0 Å². The van der Waals surface area contributed by atoms with Crippen LogP contribution in [0.5, 0.6) is 0 Å². The van der Waals surface area contributed by atoms with Gasteiger partial charge >= 0.3 is 0 Å². The second-order valence-corrected chi connectivity index (χ2v) is 5.91. The summed E-state index contributed by atoms with van der Waals surface area (Å²) in [5, 5.41) is 3.73. The van der Waals surface area contributed by atoms with Gasteiger partial charge in [-0.3, -0.25) is 0 Å². The van der Waals surface area contributed by atoms with E-state index in [-0.39, 0.29) is 0 Å². The predicted octanol–water partition coefficient (Wildman–Crippen LogP) is 3.84. The lowest BCUT2D eigenvalue weighted by Gasteiger charge is -2.17. The third kappa shape index (κ3) is 2.71. The van der Waals surface area contributed by atoms with Crippen LogP contribution in [0.3, 0.4) is 0 Å². The number of rotatable bonds is 4. The van der Waals surface area contributed by atoms with Crippen LogP contribution < -0.4 is 5.32 Å². The van der Waals surface area contributed by atoms with E-state index in [4.69, 9.17) is 0 Å². The standard InChI is InChI=1S/C16H23N/c1-12-4-2-7-16(12)17-11-13-5-3-6-15(10-13)14-8-9-14/h3,5-6,10,12,14,16-17H,2,4,7-9,11H2,1H3. The Morgan fingerprint density at radius 1 is 1.18 bits per heavy atom. The average molecular weight is 229 g/mol. The Morgan fingerprint density at radius 2 is 2.06 bits per heavy atom. The highest BCUT2D eigenvalue weighted by atomic mass is 14.9. The zero-order valence-electron chi connectivity index (χ0n) is 10.8. The van der Waals surface area contributed by atoms with Gasteiger partial charge in [-0.15, -0.1) is 0 Å². The van der Waals surface area contributed by atoms with Crippen molar-refractivity contribution in [2.75, 3.05) is 0 Å². The molecule has 0 saturated heterocycles. The molecule has 2 fully saturated rings. The molecule has 1 nitrogen and oxygen atoms in total. The minimum atomic E-state index is 0.750. The Balaban J connectivity index is 1.58. The van der Waals surface area contributed by atoms with Gasteiger partial charge in [0, 0.05) is 12.6 Å². The van der Waals surface area contributed by atoms with Gasteiger partial charge in [0.1, 0.15) is 0 Å². The van der Waals surface area contributed by atoms with Crippen molar-refractivity contribution >= 4 is 0 Å². The van der Waals surface area contributed by atoms with Gasteiger partial charge in [-0.25, -0.2) is 0 Å². The lowest BCUT2D eigenvalue weighted by atomic mass is 10.0. The predicted molar refractivity (Wildman–Crippen MR) is 72.1 cm³/mol. The van der Waals surface area contributed by atoms with Crippen LogP contribution in [-0.2, 0) is 6.54 Å². The van der Waals surface area contributed by atoms with E-state index in [0.29, 0.717) is 0 Å². The SMILES string of the molecule is CC1CCCC1NCc1cccc(C2CC2)c1. The first kappa shape index (κ1) is 11.3. The maximum absolute atomic E-state index is 3.73. The maximum atomic E-state index is 3.73. The summed E-state index contributed by atoms with van der Waals surface area (Å²) in [6.45, 7) is 3.43. The summed E-state index contributed by atoms with van der Waals surface area (Å²) in [7, 11) is 0. The molecule has 0 radical (unpaired) electrons. The molecule has 0 bridgehead atoms. The second kappa shape index (κ2) is 4.81. The number of hydrogen-bond acceptors (Lipinski definition) is 1. The Morgan fingerprint density at radius 3 is 2.76 bits per heavy atom. The Bertz CT molecular complexity index is 381. The van der Waals surface area contributed by atoms with E-state index in [0.717, 1.165) is 24.4 Å². The maximum Gasteiger partial charge on any atom is 0.0208 e. The first-order valence-corrected chi connectivity index (χ1v) is 7.15. The molecule has 3 rings (SSSR count). The van der Waals surface area contributed by atoms with E-state index in [1.54, 1.807) is 5.56 Å². The van der Waals surface area contributed by atoms with Gasteiger partial charge in [-0.2, -0.15) is 0 Å². The quantitative estimate of drug-likeness (QED) is 0.827. The first-order valence-electron chi connectivity index (χ1n) is 7.15. The molecule has 1 aromatic carbocycles. The Kier molecular flexibility index (Phi) is 3.19. The highest BCUT2D eigenvalue weighted by molar-refractivity contribution is 5.29. The number of nitrogens with one attached hydrogen (secondary N) is 1. The summed E-state index contributed by atoms with van der Waals surface area (Å²) in [6.07, 6.45) is 6.97. The van der Waals surface area contributed by atoms with Crippen molar-refractivity contribution in [1.29, 1.82) is 0 Å². The van der Waals surface area contributed by atoms with Crippen LogP contribution in [0.1, 0.15) is 56.1 Å². The van der Waals surface area contributed by atoms with Crippen molar-refractivity contribution < 1.29 is 0 Å². The normalized spacial score (nSPS) is 28.5. The van der Waals surface area contributed by atoms with Gasteiger partial charge in [0.15, 0.2) is 0 Å². The van der Waals surface area contributed by atoms with Crippen molar-refractivity contribution in [3.8, 4) is 0 Å². The number of benzene rings is 1. The molecule has 2 aliphatic carbocycles. The van der Waals surface area contributed by atoms with Crippen LogP contribution in [0.15, 0.2) is 24.3 Å². The molecular formula is C16H23N. The van der Waals surface area contributed by atoms with Gasteiger partial charge in [-0.1, -0.05) is 37.6 Å². The molecule has 2 saturated carbocycles. The molecular weight excluding hydrogens is 206 g/mol. The largest absolute Gasteiger partial charge is 0.310 e. The van der Waals surface area contributed by atoms with E-state index in [1.807, 2.05) is 0 Å². The lowest BCUT2D eigenvalue weighted by molar-refractivity contribution is 0.426. The fraction of sp³-hybridized carbons (Fsp3) is 0.625. The van der Waals surface area contributed by atoms with E-state index < -0.39 is 0 Å². The van der Waals surface area contributed by atoms with Crippen LogP contribution in [-0.4, -0.2) is 6.04 Å². The first-order chi connectivity index (χ1) is 8.33. The van der Waals surface area contributed by atoms with E-state index in [1.165, 1.54) is 37.7 Å². The summed E-state index contributed by atoms with van der Waals surface area (Å²) in [5.74, 6) is 1.74. The van der Waals surface area contributed by atoms with E-state index >= 15 is 0 Å². The Labute approximate surface area is 105 Å². The minimum absolute atomic E-state index is 0.750. The molecule has 0 aromatic heterocycles. The van der Waals surface area contributed by atoms with Crippen molar-refractivity contribution in [2.45, 2.75) is 57.5 Å². The smallest absolute Gasteiger partial charge is 0.0208 e. The van der Waals surface area contributed by atoms with Gasteiger partial charge in [0.2, 0.25) is 0 Å². The molecule has 2 atom stereocenters. The fourth-order valence-corrected chi connectivity index (χ4v) is 3.07. The topological polar surface area (TPSA) is 12.0 Å². The zero-order chi connectivity index (χ0) is 11.7. The summed E-state index contributed by atoms with van der Waals surface area (Å²) >= 11 is 0. The third-order valence-electron chi connectivity index (χ3n) is 4.43. The molecule has 1 heteroatoms. The number of hydrogen-bond donors (Lipinski definition) is 1. The van der Waals surface area contributed by atoms with E-state index in [9.17, 15) is 0 Å². The van der Waals surface area contributed by atoms with Crippen LogP contribution in [0, 0.1) is 5.92 Å². The second-order valence-electron chi connectivity index (χ2n) is 5.91. The fourth-order valence-electron chi connectivity index (χ4n) is 3.07. The van der Waals surface area contributed by atoms with Gasteiger partial charge < -0.3 is 5.32 Å². The Hall–Kier alpha value is -0.820. The molecule has 1 N–H and O–H groups in total.